The number of thiazole rings is 1. The average Bonchev–Trinajstić information content (AvgIpc) is 2.94. The van der Waals surface area contributed by atoms with E-state index in [0.29, 0.717) is 0 Å². The van der Waals surface area contributed by atoms with Crippen LogP contribution in [-0.2, 0) is 0 Å². The highest BCUT2D eigenvalue weighted by Gasteiger charge is 2.32. The molecule has 0 amide bonds. The molecular formula is C13H22N4OS. The summed E-state index contributed by atoms with van der Waals surface area (Å²) in [7, 11) is 0. The van der Waals surface area contributed by atoms with Gasteiger partial charge in [-0.1, -0.05) is 0 Å². The second-order valence-corrected chi connectivity index (χ2v) is 6.43. The topological polar surface area (TPSA) is 51.6 Å². The predicted octanol–water partition coefficient (Wildman–Crippen LogP) is 0.380. The monoisotopic (exact) mass is 282 g/mol. The first-order valence-corrected chi connectivity index (χ1v) is 7.93. The molecule has 3 heterocycles. The summed E-state index contributed by atoms with van der Waals surface area (Å²) in [5.41, 5.74) is -0.478. The summed E-state index contributed by atoms with van der Waals surface area (Å²) in [6, 6.07) is 0. The molecule has 3 rings (SSSR count). The maximum atomic E-state index is 10.6. The maximum absolute atomic E-state index is 10.6. The van der Waals surface area contributed by atoms with Crippen LogP contribution in [0.3, 0.4) is 0 Å². The maximum Gasteiger partial charge on any atom is 0.185 e. The third kappa shape index (κ3) is 3.25. The fourth-order valence-electron chi connectivity index (χ4n) is 2.94. The van der Waals surface area contributed by atoms with Crippen molar-refractivity contribution in [3.63, 3.8) is 0 Å². The molecule has 2 aliphatic heterocycles. The van der Waals surface area contributed by atoms with Gasteiger partial charge in [0.1, 0.15) is 0 Å². The lowest BCUT2D eigenvalue weighted by Crippen LogP contribution is -2.54. The van der Waals surface area contributed by atoms with Crippen LogP contribution in [0.1, 0.15) is 12.8 Å². The molecule has 19 heavy (non-hydrogen) atoms. The fraction of sp³-hybridized carbons (Fsp3) is 0.769. The van der Waals surface area contributed by atoms with Crippen molar-refractivity contribution in [1.29, 1.82) is 0 Å². The summed E-state index contributed by atoms with van der Waals surface area (Å²) in [4.78, 5) is 9.10. The van der Waals surface area contributed by atoms with Gasteiger partial charge in [0.2, 0.25) is 0 Å². The number of β-amino-alcohol motifs (C(OH)–C–C–N with tert-alkyl or cyclic N) is 1. The summed E-state index contributed by atoms with van der Waals surface area (Å²) < 4.78 is 0. The van der Waals surface area contributed by atoms with Gasteiger partial charge in [-0.25, -0.2) is 4.98 Å². The van der Waals surface area contributed by atoms with Crippen LogP contribution in [-0.4, -0.2) is 66.4 Å². The van der Waals surface area contributed by atoms with Gasteiger partial charge < -0.3 is 15.3 Å². The van der Waals surface area contributed by atoms with Crippen LogP contribution in [0.15, 0.2) is 11.6 Å². The van der Waals surface area contributed by atoms with E-state index in [9.17, 15) is 5.11 Å². The minimum absolute atomic E-state index is 0.478. The van der Waals surface area contributed by atoms with Crippen LogP contribution < -0.4 is 10.2 Å². The predicted molar refractivity (Wildman–Crippen MR) is 77.8 cm³/mol. The molecule has 0 aliphatic carbocycles. The summed E-state index contributed by atoms with van der Waals surface area (Å²) in [5.74, 6) is 0. The van der Waals surface area contributed by atoms with Gasteiger partial charge in [0.25, 0.3) is 0 Å². The van der Waals surface area contributed by atoms with E-state index in [2.05, 4.69) is 20.1 Å². The highest BCUT2D eigenvalue weighted by molar-refractivity contribution is 7.13. The van der Waals surface area contributed by atoms with Crippen molar-refractivity contribution in [1.82, 2.24) is 15.2 Å². The van der Waals surface area contributed by atoms with E-state index in [0.717, 1.165) is 63.8 Å². The summed E-state index contributed by atoms with van der Waals surface area (Å²) in [6.45, 7) is 6.78. The Labute approximate surface area is 118 Å². The van der Waals surface area contributed by atoms with E-state index >= 15 is 0 Å². The minimum atomic E-state index is -0.478. The highest BCUT2D eigenvalue weighted by Crippen LogP contribution is 2.22. The van der Waals surface area contributed by atoms with E-state index in [-0.39, 0.29) is 0 Å². The van der Waals surface area contributed by atoms with Crippen molar-refractivity contribution in [2.24, 2.45) is 0 Å². The highest BCUT2D eigenvalue weighted by atomic mass is 32.1. The van der Waals surface area contributed by atoms with Gasteiger partial charge in [-0.05, 0) is 25.9 Å². The number of rotatable bonds is 3. The lowest BCUT2D eigenvalue weighted by molar-refractivity contribution is -0.0218. The van der Waals surface area contributed by atoms with Gasteiger partial charge in [-0.2, -0.15) is 0 Å². The quantitative estimate of drug-likeness (QED) is 0.839. The third-order valence-corrected chi connectivity index (χ3v) is 4.95. The normalized spacial score (nSPS) is 24.6. The molecule has 0 atom stereocenters. The van der Waals surface area contributed by atoms with Crippen LogP contribution in [0.4, 0.5) is 5.13 Å². The molecule has 5 nitrogen and oxygen atoms in total. The molecule has 6 heteroatoms. The van der Waals surface area contributed by atoms with Gasteiger partial charge in [-0.15, -0.1) is 11.3 Å². The molecule has 0 aromatic carbocycles. The van der Waals surface area contributed by atoms with Gasteiger partial charge in [0, 0.05) is 44.3 Å². The lowest BCUT2D eigenvalue weighted by Gasteiger charge is -2.41. The molecule has 2 fully saturated rings. The van der Waals surface area contributed by atoms with E-state index in [4.69, 9.17) is 0 Å². The third-order valence-electron chi connectivity index (χ3n) is 4.11. The molecule has 0 saturated carbocycles. The van der Waals surface area contributed by atoms with E-state index in [1.165, 1.54) is 0 Å². The zero-order chi connectivity index (χ0) is 13.1. The van der Waals surface area contributed by atoms with Crippen LogP contribution >= 0.6 is 11.3 Å². The average molecular weight is 282 g/mol. The number of hydrogen-bond donors (Lipinski definition) is 2. The molecular weight excluding hydrogens is 260 g/mol. The summed E-state index contributed by atoms with van der Waals surface area (Å²) in [6.07, 6.45) is 3.61. The van der Waals surface area contributed by atoms with Crippen molar-refractivity contribution in [3.05, 3.63) is 11.6 Å². The van der Waals surface area contributed by atoms with Crippen LogP contribution in [0.25, 0.3) is 0 Å². The van der Waals surface area contributed by atoms with Crippen molar-refractivity contribution < 1.29 is 5.11 Å². The molecule has 0 unspecified atom stereocenters. The first kappa shape index (κ1) is 13.3. The number of hydrogen-bond acceptors (Lipinski definition) is 6. The Morgan fingerprint density at radius 1 is 1.26 bits per heavy atom. The van der Waals surface area contributed by atoms with Crippen LogP contribution in [0.5, 0.6) is 0 Å². The van der Waals surface area contributed by atoms with E-state index in [1.807, 2.05) is 11.6 Å². The Hall–Kier alpha value is -0.690. The molecule has 2 aliphatic rings. The second kappa shape index (κ2) is 5.75. The van der Waals surface area contributed by atoms with Crippen molar-refractivity contribution in [2.75, 3.05) is 50.7 Å². The molecule has 1 aromatic heterocycles. The van der Waals surface area contributed by atoms with Gasteiger partial charge in [0.05, 0.1) is 5.60 Å². The van der Waals surface area contributed by atoms with Crippen molar-refractivity contribution >= 4 is 16.5 Å². The Morgan fingerprint density at radius 3 is 2.63 bits per heavy atom. The molecule has 0 bridgehead atoms. The Morgan fingerprint density at radius 2 is 2.00 bits per heavy atom. The molecule has 0 radical (unpaired) electrons. The zero-order valence-electron chi connectivity index (χ0n) is 11.2. The molecule has 106 valence electrons. The number of nitrogens with one attached hydrogen (secondary N) is 1. The zero-order valence-corrected chi connectivity index (χ0v) is 12.0. The Kier molecular flexibility index (Phi) is 4.02. The number of piperidine rings is 1. The van der Waals surface area contributed by atoms with Crippen molar-refractivity contribution in [2.45, 2.75) is 18.4 Å². The SMILES string of the molecule is OC1(CN2CCN(c3nccs3)CC2)CCNCC1. The minimum Gasteiger partial charge on any atom is -0.388 e. The van der Waals surface area contributed by atoms with E-state index in [1.54, 1.807) is 11.3 Å². The number of nitrogens with zero attached hydrogens (tertiary/aromatic N) is 3. The Bertz CT molecular complexity index is 383. The number of piperazine rings is 1. The van der Waals surface area contributed by atoms with Crippen LogP contribution in [0.2, 0.25) is 0 Å². The summed E-state index contributed by atoms with van der Waals surface area (Å²) >= 11 is 1.70. The van der Waals surface area contributed by atoms with Gasteiger partial charge in [-0.3, -0.25) is 4.90 Å². The first-order valence-electron chi connectivity index (χ1n) is 7.05. The summed E-state index contributed by atoms with van der Waals surface area (Å²) in [5, 5.41) is 17.0. The van der Waals surface area contributed by atoms with Crippen molar-refractivity contribution in [3.8, 4) is 0 Å². The Balaban J connectivity index is 1.50. The molecule has 2 saturated heterocycles. The lowest BCUT2D eigenvalue weighted by atomic mass is 9.91. The van der Waals surface area contributed by atoms with Gasteiger partial charge >= 0.3 is 0 Å². The molecule has 0 spiro atoms. The van der Waals surface area contributed by atoms with Crippen LogP contribution in [0, 0.1) is 0 Å². The standard InChI is InChI=1S/C13H22N4OS/c18-13(1-3-14-4-2-13)11-16-6-8-17(9-7-16)12-15-5-10-19-12/h5,10,14,18H,1-4,6-9,11H2. The second-order valence-electron chi connectivity index (χ2n) is 5.55. The number of aromatic nitrogens is 1. The molecule has 1 aromatic rings. The van der Waals surface area contributed by atoms with E-state index < -0.39 is 5.60 Å². The molecule has 2 N–H and O–H groups in total. The number of anilines is 1. The largest absolute Gasteiger partial charge is 0.388 e. The number of aliphatic hydroxyl groups is 1. The first-order chi connectivity index (χ1) is 9.25. The smallest absolute Gasteiger partial charge is 0.185 e. The fourth-order valence-corrected chi connectivity index (χ4v) is 3.63. The van der Waals surface area contributed by atoms with Gasteiger partial charge in [0.15, 0.2) is 5.13 Å².